The van der Waals surface area contributed by atoms with Crippen LogP contribution in [0.3, 0.4) is 0 Å². The summed E-state index contributed by atoms with van der Waals surface area (Å²) in [5.41, 5.74) is 0. The number of carboxylic acids is 1. The van der Waals surface area contributed by atoms with Crippen molar-refractivity contribution in [2.24, 2.45) is 5.92 Å². The third-order valence-electron chi connectivity index (χ3n) is 2.64. The van der Waals surface area contributed by atoms with Crippen LogP contribution in [0.25, 0.3) is 0 Å². The van der Waals surface area contributed by atoms with Crippen LogP contribution < -0.4 is 0 Å². The highest BCUT2D eigenvalue weighted by molar-refractivity contribution is 5.73. The second-order valence-electron chi connectivity index (χ2n) is 4.05. The van der Waals surface area contributed by atoms with Crippen molar-refractivity contribution in [2.75, 3.05) is 26.8 Å². The quantitative estimate of drug-likeness (QED) is 0.646. The van der Waals surface area contributed by atoms with Gasteiger partial charge in [0.05, 0.1) is 0 Å². The maximum absolute atomic E-state index is 11.0. The van der Waals surface area contributed by atoms with E-state index in [1.807, 2.05) is 4.90 Å². The van der Waals surface area contributed by atoms with Crippen LogP contribution >= 0.6 is 0 Å². The van der Waals surface area contributed by atoms with Gasteiger partial charge in [-0.1, -0.05) is 6.92 Å². The first-order valence-corrected chi connectivity index (χ1v) is 5.11. The summed E-state index contributed by atoms with van der Waals surface area (Å²) in [4.78, 5) is 13.0. The number of rotatable bonds is 6. The van der Waals surface area contributed by atoms with E-state index in [0.717, 1.165) is 19.5 Å². The third kappa shape index (κ3) is 2.96. The second kappa shape index (κ2) is 5.32. The van der Waals surface area contributed by atoms with Crippen molar-refractivity contribution in [1.29, 1.82) is 0 Å². The molecule has 0 spiro atoms. The Kier molecular flexibility index (Phi) is 4.35. The summed E-state index contributed by atoms with van der Waals surface area (Å²) in [5.74, 6) is -0.0488. The van der Waals surface area contributed by atoms with Crippen molar-refractivity contribution in [3.05, 3.63) is 0 Å². The van der Waals surface area contributed by atoms with Gasteiger partial charge in [-0.3, -0.25) is 9.69 Å². The number of aliphatic carboxylic acids is 1. The van der Waals surface area contributed by atoms with E-state index in [-0.39, 0.29) is 6.04 Å². The van der Waals surface area contributed by atoms with Crippen LogP contribution in [0.1, 0.15) is 19.8 Å². The van der Waals surface area contributed by atoms with Crippen LogP contribution in [-0.4, -0.2) is 48.8 Å². The fraction of sp³-hybridized carbons (Fsp3) is 0.900. The van der Waals surface area contributed by atoms with Gasteiger partial charge in [0.15, 0.2) is 0 Å². The second-order valence-corrected chi connectivity index (χ2v) is 4.05. The van der Waals surface area contributed by atoms with Crippen LogP contribution in [0.15, 0.2) is 0 Å². The van der Waals surface area contributed by atoms with Gasteiger partial charge >= 0.3 is 5.97 Å². The van der Waals surface area contributed by atoms with E-state index in [1.54, 1.807) is 7.11 Å². The molecule has 0 bridgehead atoms. The molecule has 1 heterocycles. The first-order valence-electron chi connectivity index (χ1n) is 5.11. The lowest BCUT2D eigenvalue weighted by atomic mass is 9.98. The Bertz CT molecular complexity index is 190. The summed E-state index contributed by atoms with van der Waals surface area (Å²) in [6.45, 7) is 4.63. The minimum Gasteiger partial charge on any atom is -0.480 e. The summed E-state index contributed by atoms with van der Waals surface area (Å²) in [5, 5.41) is 9.01. The molecule has 1 fully saturated rings. The number of hydrogen-bond donors (Lipinski definition) is 1. The number of hydrogen-bond acceptors (Lipinski definition) is 3. The lowest BCUT2D eigenvalue weighted by Crippen LogP contribution is -2.53. The number of carbonyl (C=O) groups is 1. The van der Waals surface area contributed by atoms with Gasteiger partial charge in [-0.2, -0.15) is 0 Å². The molecule has 14 heavy (non-hydrogen) atoms. The molecule has 1 saturated heterocycles. The maximum atomic E-state index is 11.0. The molecular formula is C10H19NO3. The minimum absolute atomic E-state index is 0.304. The van der Waals surface area contributed by atoms with Crippen LogP contribution in [-0.2, 0) is 9.53 Å². The molecule has 1 atom stereocenters. The zero-order valence-electron chi connectivity index (χ0n) is 8.90. The van der Waals surface area contributed by atoms with E-state index in [0.29, 0.717) is 18.9 Å². The van der Waals surface area contributed by atoms with Crippen molar-refractivity contribution < 1.29 is 14.6 Å². The molecule has 4 heteroatoms. The zero-order chi connectivity index (χ0) is 10.6. The minimum atomic E-state index is -0.701. The average molecular weight is 201 g/mol. The molecule has 82 valence electrons. The smallest absolute Gasteiger partial charge is 0.320 e. The van der Waals surface area contributed by atoms with Crippen molar-refractivity contribution in [2.45, 2.75) is 25.8 Å². The van der Waals surface area contributed by atoms with Gasteiger partial charge in [0.1, 0.15) is 6.04 Å². The Morgan fingerprint density at radius 2 is 2.29 bits per heavy atom. The molecule has 0 amide bonds. The molecule has 1 unspecified atom stereocenters. The lowest BCUT2D eigenvalue weighted by molar-refractivity contribution is -0.146. The average Bonchev–Trinajstić information content (AvgIpc) is 2.08. The van der Waals surface area contributed by atoms with Gasteiger partial charge in [-0.25, -0.2) is 0 Å². The molecule has 4 nitrogen and oxygen atoms in total. The molecule has 1 N–H and O–H groups in total. The van der Waals surface area contributed by atoms with E-state index in [4.69, 9.17) is 9.84 Å². The first kappa shape index (κ1) is 11.5. The van der Waals surface area contributed by atoms with Crippen LogP contribution in [0.5, 0.6) is 0 Å². The van der Waals surface area contributed by atoms with Crippen molar-refractivity contribution in [3.63, 3.8) is 0 Å². The van der Waals surface area contributed by atoms with Crippen LogP contribution in [0.4, 0.5) is 0 Å². The highest BCUT2D eigenvalue weighted by Gasteiger charge is 2.33. The molecule has 0 aliphatic carbocycles. The van der Waals surface area contributed by atoms with E-state index in [2.05, 4.69) is 6.92 Å². The maximum Gasteiger partial charge on any atom is 0.320 e. The number of nitrogens with zero attached hydrogens (tertiary/aromatic N) is 1. The largest absolute Gasteiger partial charge is 0.480 e. The fourth-order valence-electron chi connectivity index (χ4n) is 1.88. The summed E-state index contributed by atoms with van der Waals surface area (Å²) in [6.07, 6.45) is 1.51. The van der Waals surface area contributed by atoms with E-state index in [1.165, 1.54) is 0 Å². The van der Waals surface area contributed by atoms with Crippen molar-refractivity contribution in [1.82, 2.24) is 4.90 Å². The van der Waals surface area contributed by atoms with Gasteiger partial charge < -0.3 is 9.84 Å². The topological polar surface area (TPSA) is 49.8 Å². The molecule has 0 aromatic heterocycles. The van der Waals surface area contributed by atoms with Gasteiger partial charge in [-0.05, 0) is 18.8 Å². The Labute approximate surface area is 84.8 Å². The zero-order valence-corrected chi connectivity index (χ0v) is 8.90. The molecule has 0 radical (unpaired) electrons. The standard InChI is InChI=1S/C10H19NO3/c1-8-6-11(7-8)9(10(12)13)4-3-5-14-2/h8-9H,3-7H2,1-2H3,(H,12,13). The molecule has 0 saturated carbocycles. The van der Waals surface area contributed by atoms with Crippen molar-refractivity contribution in [3.8, 4) is 0 Å². The Morgan fingerprint density at radius 1 is 1.64 bits per heavy atom. The van der Waals surface area contributed by atoms with Crippen LogP contribution in [0, 0.1) is 5.92 Å². The highest BCUT2D eigenvalue weighted by atomic mass is 16.5. The SMILES string of the molecule is COCCCC(C(=O)O)N1CC(C)C1. The predicted molar refractivity (Wildman–Crippen MR) is 53.3 cm³/mol. The summed E-state index contributed by atoms with van der Waals surface area (Å²) < 4.78 is 4.91. The van der Waals surface area contributed by atoms with Gasteiger partial charge in [-0.15, -0.1) is 0 Å². The van der Waals surface area contributed by atoms with Gasteiger partial charge in [0.2, 0.25) is 0 Å². The highest BCUT2D eigenvalue weighted by Crippen LogP contribution is 2.20. The summed E-state index contributed by atoms with van der Waals surface area (Å²) in [7, 11) is 1.64. The third-order valence-corrected chi connectivity index (χ3v) is 2.64. The lowest BCUT2D eigenvalue weighted by Gasteiger charge is -2.41. The number of likely N-dealkylation sites (tertiary alicyclic amines) is 1. The van der Waals surface area contributed by atoms with Gasteiger partial charge in [0.25, 0.3) is 0 Å². The normalized spacial score (nSPS) is 20.4. The van der Waals surface area contributed by atoms with Crippen LogP contribution in [0.2, 0.25) is 0 Å². The number of carboxylic acid groups (broad SMARTS) is 1. The molecule has 1 rings (SSSR count). The first-order chi connectivity index (χ1) is 6.65. The molecular weight excluding hydrogens is 182 g/mol. The predicted octanol–water partition coefficient (Wildman–Crippen LogP) is 0.818. The van der Waals surface area contributed by atoms with Gasteiger partial charge in [0, 0.05) is 26.8 Å². The molecule has 0 aromatic rings. The number of methoxy groups -OCH3 is 1. The fourth-order valence-corrected chi connectivity index (χ4v) is 1.88. The monoisotopic (exact) mass is 201 g/mol. The molecule has 1 aliphatic rings. The molecule has 1 aliphatic heterocycles. The van der Waals surface area contributed by atoms with E-state index >= 15 is 0 Å². The Hall–Kier alpha value is -0.610. The van der Waals surface area contributed by atoms with Crippen molar-refractivity contribution >= 4 is 5.97 Å². The molecule has 0 aromatic carbocycles. The van der Waals surface area contributed by atoms with E-state index < -0.39 is 5.97 Å². The van der Waals surface area contributed by atoms with E-state index in [9.17, 15) is 4.79 Å². The Balaban J connectivity index is 2.29. The summed E-state index contributed by atoms with van der Waals surface area (Å²) >= 11 is 0. The number of ether oxygens (including phenoxy) is 1. The Morgan fingerprint density at radius 3 is 2.71 bits per heavy atom. The summed E-state index contributed by atoms with van der Waals surface area (Å²) in [6, 6.07) is -0.304.